The fourth-order valence-corrected chi connectivity index (χ4v) is 3.70. The van der Waals surface area contributed by atoms with Gasteiger partial charge in [-0.1, -0.05) is 18.2 Å². The third kappa shape index (κ3) is 2.59. The Hall–Kier alpha value is -1.59. The molecule has 6 heteroatoms. The Morgan fingerprint density at radius 1 is 1.14 bits per heavy atom. The van der Waals surface area contributed by atoms with Crippen molar-refractivity contribution in [3.63, 3.8) is 0 Å². The van der Waals surface area contributed by atoms with Gasteiger partial charge in [0, 0.05) is 18.5 Å². The van der Waals surface area contributed by atoms with Crippen LogP contribution in [-0.4, -0.2) is 47.2 Å². The molecule has 118 valence electrons. The van der Waals surface area contributed by atoms with E-state index in [1.54, 1.807) is 0 Å². The Labute approximate surface area is 135 Å². The summed E-state index contributed by atoms with van der Waals surface area (Å²) in [6, 6.07) is 7.82. The minimum atomic E-state index is 0. The average molecular weight is 321 g/mol. The molecule has 2 N–H and O–H groups in total. The summed E-state index contributed by atoms with van der Waals surface area (Å²) in [4.78, 5) is 14.8. The predicted molar refractivity (Wildman–Crippen MR) is 88.3 cm³/mol. The van der Waals surface area contributed by atoms with Gasteiger partial charge >= 0.3 is 0 Å². The molecule has 2 aromatic rings. The van der Waals surface area contributed by atoms with Crippen LogP contribution in [0, 0.1) is 11.8 Å². The van der Waals surface area contributed by atoms with E-state index in [9.17, 15) is 4.79 Å². The second-order valence-electron chi connectivity index (χ2n) is 6.17. The summed E-state index contributed by atoms with van der Waals surface area (Å²) in [5, 5.41) is 11.6. The molecule has 2 saturated heterocycles. The van der Waals surface area contributed by atoms with Crippen LogP contribution in [0.2, 0.25) is 0 Å². The molecule has 0 aliphatic carbocycles. The van der Waals surface area contributed by atoms with Gasteiger partial charge in [-0.15, -0.1) is 12.4 Å². The van der Waals surface area contributed by atoms with Crippen molar-refractivity contribution in [2.24, 2.45) is 11.8 Å². The molecule has 1 aromatic carbocycles. The lowest BCUT2D eigenvalue weighted by molar-refractivity contribution is 0.0754. The molecule has 0 spiro atoms. The number of benzene rings is 1. The highest BCUT2D eigenvalue weighted by atomic mass is 35.5. The number of H-pyrrole nitrogens is 1. The van der Waals surface area contributed by atoms with Gasteiger partial charge in [0.25, 0.3) is 5.91 Å². The van der Waals surface area contributed by atoms with Crippen molar-refractivity contribution < 1.29 is 4.79 Å². The molecule has 2 atom stereocenters. The van der Waals surface area contributed by atoms with Crippen molar-refractivity contribution in [1.29, 1.82) is 0 Å². The first-order valence-electron chi connectivity index (χ1n) is 7.76. The third-order valence-electron chi connectivity index (χ3n) is 4.98. The Bertz CT molecular complexity index is 657. The quantitative estimate of drug-likeness (QED) is 0.845. The summed E-state index contributed by atoms with van der Waals surface area (Å²) in [5.41, 5.74) is 1.49. The number of likely N-dealkylation sites (tertiary alicyclic amines) is 1. The van der Waals surface area contributed by atoms with Gasteiger partial charge in [-0.2, -0.15) is 5.10 Å². The van der Waals surface area contributed by atoms with Crippen LogP contribution in [0.25, 0.3) is 10.9 Å². The van der Waals surface area contributed by atoms with E-state index >= 15 is 0 Å². The summed E-state index contributed by atoms with van der Waals surface area (Å²) >= 11 is 0. The SMILES string of the molecule is Cl.O=C(c1n[nH]c2ccccc12)N1CC[C@@H]2CNC[C@@H]2CC1. The van der Waals surface area contributed by atoms with Crippen molar-refractivity contribution in [2.75, 3.05) is 26.2 Å². The monoisotopic (exact) mass is 320 g/mol. The first-order chi connectivity index (χ1) is 10.3. The number of para-hydroxylation sites is 1. The van der Waals surface area contributed by atoms with Crippen LogP contribution < -0.4 is 5.32 Å². The highest BCUT2D eigenvalue weighted by Crippen LogP contribution is 2.28. The van der Waals surface area contributed by atoms with E-state index in [1.165, 1.54) is 0 Å². The highest BCUT2D eigenvalue weighted by Gasteiger charge is 2.32. The van der Waals surface area contributed by atoms with Gasteiger partial charge in [-0.25, -0.2) is 0 Å². The fraction of sp³-hybridized carbons (Fsp3) is 0.500. The number of carbonyl (C=O) groups is 1. The summed E-state index contributed by atoms with van der Waals surface area (Å²) in [6.45, 7) is 3.92. The molecule has 0 bridgehead atoms. The van der Waals surface area contributed by atoms with E-state index in [4.69, 9.17) is 0 Å². The molecular weight excluding hydrogens is 300 g/mol. The molecule has 2 aliphatic heterocycles. The number of amides is 1. The number of nitrogens with zero attached hydrogens (tertiary/aromatic N) is 2. The molecule has 4 rings (SSSR count). The van der Waals surface area contributed by atoms with Gasteiger partial charge in [0.2, 0.25) is 0 Å². The molecule has 2 fully saturated rings. The Kier molecular flexibility index (Phi) is 4.36. The van der Waals surface area contributed by atoms with E-state index in [0.717, 1.165) is 61.8 Å². The number of carbonyl (C=O) groups excluding carboxylic acids is 1. The Balaban J connectivity index is 0.00000144. The molecule has 5 nitrogen and oxygen atoms in total. The molecule has 2 aliphatic rings. The van der Waals surface area contributed by atoms with Gasteiger partial charge in [0.1, 0.15) is 0 Å². The minimum absolute atomic E-state index is 0. The normalized spacial score (nSPS) is 24.6. The van der Waals surface area contributed by atoms with Crippen molar-refractivity contribution in [1.82, 2.24) is 20.4 Å². The average Bonchev–Trinajstić information content (AvgIpc) is 3.09. The van der Waals surface area contributed by atoms with Crippen molar-refractivity contribution >= 4 is 29.2 Å². The van der Waals surface area contributed by atoms with Crippen LogP contribution in [0.3, 0.4) is 0 Å². The van der Waals surface area contributed by atoms with E-state index in [2.05, 4.69) is 15.5 Å². The zero-order valence-electron chi connectivity index (χ0n) is 12.4. The van der Waals surface area contributed by atoms with Crippen LogP contribution in [0.1, 0.15) is 23.3 Å². The number of rotatable bonds is 1. The molecule has 22 heavy (non-hydrogen) atoms. The number of halogens is 1. The van der Waals surface area contributed by atoms with Gasteiger partial charge in [-0.3, -0.25) is 9.89 Å². The third-order valence-corrected chi connectivity index (χ3v) is 4.98. The maximum Gasteiger partial charge on any atom is 0.274 e. The van der Waals surface area contributed by atoms with E-state index in [-0.39, 0.29) is 18.3 Å². The number of fused-ring (bicyclic) bond motifs is 2. The predicted octanol–water partition coefficient (Wildman–Crippen LogP) is 2.06. The van der Waals surface area contributed by atoms with Crippen LogP contribution >= 0.6 is 12.4 Å². The van der Waals surface area contributed by atoms with Crippen LogP contribution in [-0.2, 0) is 0 Å². The number of aromatic amines is 1. The molecule has 0 saturated carbocycles. The lowest BCUT2D eigenvalue weighted by Crippen LogP contribution is -2.33. The summed E-state index contributed by atoms with van der Waals surface area (Å²) in [5.74, 6) is 1.54. The standard InChI is InChI=1S/C16H20N4O.ClH/c21-16(15-13-3-1-2-4-14(13)18-19-15)20-7-5-11-9-17-10-12(11)6-8-20;/h1-4,11-12,17H,5-10H2,(H,18,19);1H/t11-,12+;. The minimum Gasteiger partial charge on any atom is -0.337 e. The van der Waals surface area contributed by atoms with Crippen LogP contribution in [0.4, 0.5) is 0 Å². The molecular formula is C16H21ClN4O. The largest absolute Gasteiger partial charge is 0.337 e. The second kappa shape index (κ2) is 6.26. The van der Waals surface area contributed by atoms with E-state index in [0.29, 0.717) is 5.69 Å². The van der Waals surface area contributed by atoms with Crippen molar-refractivity contribution in [3.05, 3.63) is 30.0 Å². The zero-order chi connectivity index (χ0) is 14.2. The maximum atomic E-state index is 12.8. The maximum absolute atomic E-state index is 12.8. The smallest absolute Gasteiger partial charge is 0.274 e. The number of hydrogen-bond donors (Lipinski definition) is 2. The second-order valence-corrected chi connectivity index (χ2v) is 6.17. The van der Waals surface area contributed by atoms with E-state index in [1.807, 2.05) is 29.2 Å². The Morgan fingerprint density at radius 3 is 2.55 bits per heavy atom. The highest BCUT2D eigenvalue weighted by molar-refractivity contribution is 6.04. The molecule has 0 unspecified atom stereocenters. The van der Waals surface area contributed by atoms with Gasteiger partial charge in [0.15, 0.2) is 5.69 Å². The lowest BCUT2D eigenvalue weighted by atomic mass is 9.92. The molecule has 1 aromatic heterocycles. The van der Waals surface area contributed by atoms with Crippen molar-refractivity contribution in [2.45, 2.75) is 12.8 Å². The first-order valence-corrected chi connectivity index (χ1v) is 7.76. The molecule has 3 heterocycles. The van der Waals surface area contributed by atoms with Gasteiger partial charge in [0.05, 0.1) is 5.52 Å². The number of aromatic nitrogens is 2. The van der Waals surface area contributed by atoms with Gasteiger partial charge in [-0.05, 0) is 43.8 Å². The fourth-order valence-electron chi connectivity index (χ4n) is 3.70. The summed E-state index contributed by atoms with van der Waals surface area (Å²) in [7, 11) is 0. The topological polar surface area (TPSA) is 61.0 Å². The van der Waals surface area contributed by atoms with Gasteiger partial charge < -0.3 is 10.2 Å². The number of hydrogen-bond acceptors (Lipinski definition) is 3. The Morgan fingerprint density at radius 2 is 1.82 bits per heavy atom. The van der Waals surface area contributed by atoms with Crippen LogP contribution in [0.5, 0.6) is 0 Å². The lowest BCUT2D eigenvalue weighted by Gasteiger charge is -2.19. The van der Waals surface area contributed by atoms with Crippen molar-refractivity contribution in [3.8, 4) is 0 Å². The van der Waals surface area contributed by atoms with E-state index < -0.39 is 0 Å². The molecule has 1 amide bonds. The zero-order valence-corrected chi connectivity index (χ0v) is 13.2. The summed E-state index contributed by atoms with van der Waals surface area (Å²) < 4.78 is 0. The summed E-state index contributed by atoms with van der Waals surface area (Å²) in [6.07, 6.45) is 2.21. The molecule has 0 radical (unpaired) electrons. The first kappa shape index (κ1) is 15.3. The number of nitrogens with one attached hydrogen (secondary N) is 2. The van der Waals surface area contributed by atoms with Crippen LogP contribution in [0.15, 0.2) is 24.3 Å².